The van der Waals surface area contributed by atoms with Crippen molar-refractivity contribution in [3.05, 3.63) is 47.8 Å². The second-order valence-corrected chi connectivity index (χ2v) is 10.6. The van der Waals surface area contributed by atoms with Crippen molar-refractivity contribution in [3.63, 3.8) is 0 Å². The molecule has 0 radical (unpaired) electrons. The van der Waals surface area contributed by atoms with E-state index in [1.165, 1.54) is 0 Å². The molecule has 0 bridgehead atoms. The van der Waals surface area contributed by atoms with Gasteiger partial charge in [-0.1, -0.05) is 25.2 Å². The van der Waals surface area contributed by atoms with Crippen LogP contribution in [0, 0.1) is 11.3 Å². The van der Waals surface area contributed by atoms with Crippen LogP contribution in [0.3, 0.4) is 0 Å². The lowest BCUT2D eigenvalue weighted by atomic mass is 9.94. The van der Waals surface area contributed by atoms with Gasteiger partial charge in [-0.05, 0) is 62.1 Å². The van der Waals surface area contributed by atoms with Gasteiger partial charge in [0.05, 0.1) is 37.3 Å². The van der Waals surface area contributed by atoms with Gasteiger partial charge >= 0.3 is 0 Å². The zero-order valence-electron chi connectivity index (χ0n) is 21.5. The van der Waals surface area contributed by atoms with E-state index in [1.807, 2.05) is 12.3 Å². The number of hydrogen-bond donors (Lipinski definition) is 2. The van der Waals surface area contributed by atoms with Gasteiger partial charge < -0.3 is 20.6 Å². The molecular weight excluding hydrogens is 438 g/mol. The molecule has 4 rings (SSSR count). The van der Waals surface area contributed by atoms with Crippen molar-refractivity contribution in [1.29, 1.82) is 5.41 Å². The molecule has 0 amide bonds. The second kappa shape index (κ2) is 12.8. The van der Waals surface area contributed by atoms with Crippen LogP contribution in [0.5, 0.6) is 0 Å². The number of rotatable bonds is 8. The maximum Gasteiger partial charge on any atom is 0.0705 e. The summed E-state index contributed by atoms with van der Waals surface area (Å²) in [5, 5.41) is 8.49. The van der Waals surface area contributed by atoms with E-state index in [2.05, 4.69) is 46.9 Å². The number of hydrogen-bond acceptors (Lipinski definition) is 7. The Morgan fingerprint density at radius 3 is 2.86 bits per heavy atom. The highest BCUT2D eigenvalue weighted by Crippen LogP contribution is 2.25. The van der Waals surface area contributed by atoms with E-state index in [0.29, 0.717) is 12.0 Å². The Bertz CT molecular complexity index is 901. The summed E-state index contributed by atoms with van der Waals surface area (Å²) < 4.78 is 12.4. The first kappa shape index (κ1) is 26.0. The molecule has 7 nitrogen and oxygen atoms in total. The first-order valence-electron chi connectivity index (χ1n) is 13.3. The van der Waals surface area contributed by atoms with Crippen molar-refractivity contribution in [2.24, 2.45) is 5.92 Å². The summed E-state index contributed by atoms with van der Waals surface area (Å²) in [7, 11) is 0. The summed E-state index contributed by atoms with van der Waals surface area (Å²) >= 11 is 0. The van der Waals surface area contributed by atoms with Crippen LogP contribution < -0.4 is 5.73 Å². The lowest BCUT2D eigenvalue weighted by Gasteiger charge is -2.40. The van der Waals surface area contributed by atoms with Crippen LogP contribution >= 0.6 is 0 Å². The SMILES string of the molecule is CC(CC1CN(Cc2ccncc2N)CCO1)CC1CN(C/C2=C/C=CCCCC2=N)C(C)CO1. The van der Waals surface area contributed by atoms with Crippen molar-refractivity contribution < 1.29 is 9.47 Å². The molecule has 0 spiro atoms. The number of nitrogens with one attached hydrogen (secondary N) is 1. The lowest BCUT2D eigenvalue weighted by Crippen LogP contribution is -2.49. The number of anilines is 1. The van der Waals surface area contributed by atoms with E-state index in [0.717, 1.165) is 101 Å². The number of pyridine rings is 1. The molecular formula is C28H43N5O2. The van der Waals surface area contributed by atoms with Crippen molar-refractivity contribution in [2.75, 3.05) is 45.1 Å². The van der Waals surface area contributed by atoms with E-state index < -0.39 is 0 Å². The highest BCUT2D eigenvalue weighted by atomic mass is 16.5. The first-order valence-corrected chi connectivity index (χ1v) is 13.3. The maximum absolute atomic E-state index is 8.49. The number of nitrogens with two attached hydrogens (primary N) is 1. The van der Waals surface area contributed by atoms with Crippen LogP contribution in [0.25, 0.3) is 0 Å². The fraction of sp³-hybridized carbons (Fsp3) is 0.643. The number of nitrogens with zero attached hydrogens (tertiary/aromatic N) is 3. The zero-order chi connectivity index (χ0) is 24.6. The van der Waals surface area contributed by atoms with Crippen LogP contribution in [-0.4, -0.2) is 78.1 Å². The molecule has 1 aromatic heterocycles. The highest BCUT2D eigenvalue weighted by molar-refractivity contribution is 5.98. The molecule has 3 N–H and O–H groups in total. The molecule has 2 saturated heterocycles. The molecule has 3 heterocycles. The minimum absolute atomic E-state index is 0.233. The minimum atomic E-state index is 0.233. The predicted octanol–water partition coefficient (Wildman–Crippen LogP) is 4.06. The van der Waals surface area contributed by atoms with Crippen LogP contribution in [0.2, 0.25) is 0 Å². The normalized spacial score (nSPS) is 29.3. The average Bonchev–Trinajstić information content (AvgIpc) is 2.82. The summed E-state index contributed by atoms with van der Waals surface area (Å²) in [6, 6.07) is 2.39. The summed E-state index contributed by atoms with van der Waals surface area (Å²) in [4.78, 5) is 9.05. The number of ether oxygens (including phenoxy) is 2. The van der Waals surface area contributed by atoms with Crippen LogP contribution in [-0.2, 0) is 16.0 Å². The number of aromatic nitrogens is 1. The zero-order valence-corrected chi connectivity index (χ0v) is 21.5. The molecule has 1 aromatic rings. The molecule has 2 aliphatic heterocycles. The van der Waals surface area contributed by atoms with Gasteiger partial charge in [0.25, 0.3) is 0 Å². The van der Waals surface area contributed by atoms with Crippen molar-refractivity contribution in [1.82, 2.24) is 14.8 Å². The standard InChI is InChI=1S/C28H43N5O2/c1-21(13-25-18-32(11-12-34-25)16-24-9-10-31-15-28(24)30)14-26-19-33(22(2)20-35-26)17-23-7-5-3-4-6-8-27(23)29/h3,5,7,9-10,15,21-22,25-26,29H,4,6,8,11-14,16-20,30H2,1-2H3/b5-3?,23-7-,29-27?. The minimum Gasteiger partial charge on any atom is -0.397 e. The summed E-state index contributed by atoms with van der Waals surface area (Å²) in [5.74, 6) is 0.521. The van der Waals surface area contributed by atoms with Gasteiger partial charge in [-0.25, -0.2) is 0 Å². The topological polar surface area (TPSA) is 87.7 Å². The van der Waals surface area contributed by atoms with E-state index >= 15 is 0 Å². The monoisotopic (exact) mass is 481 g/mol. The molecule has 3 aliphatic rings. The number of morpholine rings is 2. The van der Waals surface area contributed by atoms with Crippen molar-refractivity contribution >= 4 is 11.4 Å². The maximum atomic E-state index is 8.49. The Balaban J connectivity index is 1.26. The quantitative estimate of drug-likeness (QED) is 0.582. The largest absolute Gasteiger partial charge is 0.397 e. The smallest absolute Gasteiger partial charge is 0.0705 e. The molecule has 4 unspecified atom stereocenters. The molecule has 192 valence electrons. The third-order valence-electron chi connectivity index (χ3n) is 7.52. The third-order valence-corrected chi connectivity index (χ3v) is 7.52. The average molecular weight is 482 g/mol. The highest BCUT2D eigenvalue weighted by Gasteiger charge is 2.30. The van der Waals surface area contributed by atoms with Crippen LogP contribution in [0.4, 0.5) is 5.69 Å². The summed E-state index contributed by atoms with van der Waals surface area (Å²) in [6.07, 6.45) is 15.6. The Morgan fingerprint density at radius 2 is 2.03 bits per heavy atom. The Kier molecular flexibility index (Phi) is 9.49. The van der Waals surface area contributed by atoms with Gasteiger partial charge in [0.15, 0.2) is 0 Å². The van der Waals surface area contributed by atoms with Gasteiger partial charge in [0.2, 0.25) is 0 Å². The van der Waals surface area contributed by atoms with Gasteiger partial charge in [0.1, 0.15) is 0 Å². The molecule has 2 fully saturated rings. The molecule has 0 aromatic carbocycles. The Labute approximate surface area is 210 Å². The predicted molar refractivity (Wildman–Crippen MR) is 142 cm³/mol. The Hall–Kier alpha value is -2.06. The summed E-state index contributed by atoms with van der Waals surface area (Å²) in [6.45, 7) is 10.6. The van der Waals surface area contributed by atoms with E-state index in [-0.39, 0.29) is 12.2 Å². The van der Waals surface area contributed by atoms with E-state index in [9.17, 15) is 0 Å². The fourth-order valence-electron chi connectivity index (χ4n) is 5.42. The van der Waals surface area contributed by atoms with Gasteiger partial charge in [-0.3, -0.25) is 14.8 Å². The van der Waals surface area contributed by atoms with Crippen LogP contribution in [0.15, 0.2) is 42.3 Å². The Morgan fingerprint density at radius 1 is 1.20 bits per heavy atom. The van der Waals surface area contributed by atoms with Gasteiger partial charge in [-0.15, -0.1) is 0 Å². The summed E-state index contributed by atoms with van der Waals surface area (Å²) in [5.41, 5.74) is 9.96. The van der Waals surface area contributed by atoms with Gasteiger partial charge in [-0.2, -0.15) is 0 Å². The lowest BCUT2D eigenvalue weighted by molar-refractivity contribution is -0.0718. The third kappa shape index (κ3) is 7.71. The molecule has 0 saturated carbocycles. The van der Waals surface area contributed by atoms with Crippen molar-refractivity contribution in [3.8, 4) is 0 Å². The van der Waals surface area contributed by atoms with Crippen molar-refractivity contribution in [2.45, 2.75) is 70.7 Å². The van der Waals surface area contributed by atoms with Gasteiger partial charge in [0, 0.05) is 50.7 Å². The second-order valence-electron chi connectivity index (χ2n) is 10.6. The van der Waals surface area contributed by atoms with E-state index in [1.54, 1.807) is 6.20 Å². The molecule has 35 heavy (non-hydrogen) atoms. The van der Waals surface area contributed by atoms with E-state index in [4.69, 9.17) is 20.6 Å². The number of allylic oxidation sites excluding steroid dienone is 3. The van der Waals surface area contributed by atoms with Crippen LogP contribution in [0.1, 0.15) is 51.5 Å². The molecule has 7 heteroatoms. The molecule has 4 atom stereocenters. The number of nitrogen functional groups attached to an aromatic ring is 1. The molecule has 1 aliphatic carbocycles. The fourth-order valence-corrected chi connectivity index (χ4v) is 5.42. The first-order chi connectivity index (χ1) is 17.0.